The molecular weight excluding hydrogens is 370 g/mol. The predicted octanol–water partition coefficient (Wildman–Crippen LogP) is 2.01. The first-order valence-corrected chi connectivity index (χ1v) is 9.09. The number of carbonyl (C=O) groups excluding carboxylic acids is 3. The average Bonchev–Trinajstić information content (AvgIpc) is 3.10. The Morgan fingerprint density at radius 1 is 1.26 bits per heavy atom. The number of benzene rings is 1. The van der Waals surface area contributed by atoms with Gasteiger partial charge in [0.25, 0.3) is 5.22 Å². The number of thioether (sulfide) groups is 1. The lowest BCUT2D eigenvalue weighted by atomic mass is 9.97. The zero-order valence-corrected chi connectivity index (χ0v) is 15.5. The van der Waals surface area contributed by atoms with E-state index in [0.717, 1.165) is 16.7 Å². The van der Waals surface area contributed by atoms with Crippen molar-refractivity contribution < 1.29 is 18.8 Å². The molecule has 3 rings (SSSR count). The van der Waals surface area contributed by atoms with E-state index in [2.05, 4.69) is 20.5 Å². The van der Waals surface area contributed by atoms with Crippen molar-refractivity contribution in [2.24, 2.45) is 10.9 Å². The molecule has 10 heteroatoms. The Hall–Kier alpha value is -3.01. The van der Waals surface area contributed by atoms with E-state index in [0.29, 0.717) is 11.4 Å². The van der Waals surface area contributed by atoms with E-state index in [1.165, 1.54) is 7.05 Å². The Bertz CT molecular complexity index is 896. The van der Waals surface area contributed by atoms with Crippen molar-refractivity contribution in [1.29, 1.82) is 0 Å². The van der Waals surface area contributed by atoms with E-state index >= 15 is 0 Å². The van der Waals surface area contributed by atoms with Crippen LogP contribution >= 0.6 is 11.8 Å². The summed E-state index contributed by atoms with van der Waals surface area (Å²) < 4.78 is 5.50. The number of nitrogens with one attached hydrogen (secondary N) is 1. The van der Waals surface area contributed by atoms with Crippen LogP contribution in [0.1, 0.15) is 12.8 Å². The van der Waals surface area contributed by atoms with Crippen molar-refractivity contribution in [3.63, 3.8) is 0 Å². The van der Waals surface area contributed by atoms with Crippen LogP contribution in [-0.2, 0) is 16.0 Å². The van der Waals surface area contributed by atoms with Gasteiger partial charge in [0, 0.05) is 24.9 Å². The van der Waals surface area contributed by atoms with E-state index in [4.69, 9.17) is 4.42 Å². The SMILES string of the molecule is CC1=NC(=O)N(C)C(=O)C1Cc1nnc(SCC(=O)Nc2ccccc2)o1. The summed E-state index contributed by atoms with van der Waals surface area (Å²) in [5.74, 6) is -0.820. The second-order valence-electron chi connectivity index (χ2n) is 5.85. The summed E-state index contributed by atoms with van der Waals surface area (Å²) in [6.07, 6.45) is 0.148. The first kappa shape index (κ1) is 18.8. The molecule has 9 nitrogen and oxygen atoms in total. The largest absolute Gasteiger partial charge is 0.416 e. The highest BCUT2D eigenvalue weighted by molar-refractivity contribution is 7.99. The minimum atomic E-state index is -0.618. The number of nitrogens with zero attached hydrogens (tertiary/aromatic N) is 4. The Labute approximate surface area is 159 Å². The van der Waals surface area contributed by atoms with Crippen molar-refractivity contribution in [3.8, 4) is 0 Å². The van der Waals surface area contributed by atoms with Crippen LogP contribution < -0.4 is 5.32 Å². The molecular formula is C17H17N5O4S. The Balaban J connectivity index is 1.56. The van der Waals surface area contributed by atoms with Gasteiger partial charge in [-0.25, -0.2) is 9.79 Å². The number of aromatic nitrogens is 2. The second-order valence-corrected chi connectivity index (χ2v) is 6.78. The fraction of sp³-hybridized carbons (Fsp3) is 0.294. The molecule has 0 spiro atoms. The number of aliphatic imine (C=N–C) groups is 1. The van der Waals surface area contributed by atoms with Gasteiger partial charge in [-0.15, -0.1) is 10.2 Å². The minimum Gasteiger partial charge on any atom is -0.416 e. The maximum atomic E-state index is 12.2. The third-order valence-electron chi connectivity index (χ3n) is 3.90. The third-order valence-corrected chi connectivity index (χ3v) is 4.72. The van der Waals surface area contributed by atoms with Gasteiger partial charge >= 0.3 is 6.03 Å². The van der Waals surface area contributed by atoms with Gasteiger partial charge < -0.3 is 9.73 Å². The highest BCUT2D eigenvalue weighted by atomic mass is 32.2. The second kappa shape index (κ2) is 8.12. The summed E-state index contributed by atoms with van der Waals surface area (Å²) in [4.78, 5) is 40.5. The van der Waals surface area contributed by atoms with Gasteiger partial charge in [0.1, 0.15) is 0 Å². The van der Waals surface area contributed by atoms with Gasteiger partial charge in [-0.1, -0.05) is 30.0 Å². The molecule has 4 amide bonds. The maximum absolute atomic E-state index is 12.2. The lowest BCUT2D eigenvalue weighted by molar-refractivity contribution is -0.129. The molecule has 0 fully saturated rings. The number of para-hydroxylation sites is 1. The van der Waals surface area contributed by atoms with Crippen LogP contribution in [0.15, 0.2) is 45.0 Å². The van der Waals surface area contributed by atoms with Crippen LogP contribution in [0, 0.1) is 5.92 Å². The van der Waals surface area contributed by atoms with Crippen molar-refractivity contribution in [1.82, 2.24) is 15.1 Å². The van der Waals surface area contributed by atoms with E-state index in [-0.39, 0.29) is 35.1 Å². The van der Waals surface area contributed by atoms with Crippen LogP contribution in [0.5, 0.6) is 0 Å². The number of anilines is 1. The first-order valence-electron chi connectivity index (χ1n) is 8.11. The average molecular weight is 387 g/mol. The van der Waals surface area contributed by atoms with Crippen molar-refractivity contribution in [3.05, 3.63) is 36.2 Å². The molecule has 1 atom stereocenters. The standard InChI is InChI=1S/C17H17N5O4S/c1-10-12(15(24)22(2)16(25)18-10)8-14-20-21-17(26-14)27-9-13(23)19-11-6-4-3-5-7-11/h3-7,12H,8-9H2,1-2H3,(H,19,23). The van der Waals surface area contributed by atoms with Crippen molar-refractivity contribution in [2.45, 2.75) is 18.6 Å². The van der Waals surface area contributed by atoms with E-state index < -0.39 is 11.9 Å². The van der Waals surface area contributed by atoms with Crippen LogP contribution in [0.3, 0.4) is 0 Å². The topological polar surface area (TPSA) is 118 Å². The summed E-state index contributed by atoms with van der Waals surface area (Å²) in [5.41, 5.74) is 1.12. The van der Waals surface area contributed by atoms with E-state index in [1.54, 1.807) is 19.1 Å². The fourth-order valence-corrected chi connectivity index (χ4v) is 3.03. The van der Waals surface area contributed by atoms with Crippen LogP contribution in [0.2, 0.25) is 0 Å². The molecule has 0 radical (unpaired) electrons. The number of amides is 4. The summed E-state index contributed by atoms with van der Waals surface area (Å²) in [5, 5.41) is 10.8. The molecule has 1 N–H and O–H groups in total. The number of rotatable bonds is 6. The molecule has 0 saturated heterocycles. The number of urea groups is 1. The molecule has 27 heavy (non-hydrogen) atoms. The highest BCUT2D eigenvalue weighted by Gasteiger charge is 2.34. The summed E-state index contributed by atoms with van der Waals surface area (Å²) >= 11 is 1.10. The normalized spacial score (nSPS) is 17.0. The number of imide groups is 1. The number of hydrogen-bond donors (Lipinski definition) is 1. The van der Waals surface area contributed by atoms with Gasteiger partial charge in [-0.3, -0.25) is 14.5 Å². The molecule has 0 saturated carbocycles. The maximum Gasteiger partial charge on any atom is 0.349 e. The molecule has 1 aliphatic rings. The number of carbonyl (C=O) groups is 3. The van der Waals surface area contributed by atoms with E-state index in [1.807, 2.05) is 18.2 Å². The van der Waals surface area contributed by atoms with Crippen LogP contribution in [0.25, 0.3) is 0 Å². The first-order chi connectivity index (χ1) is 12.9. The molecule has 2 aromatic rings. The molecule has 0 aliphatic carbocycles. The zero-order valence-electron chi connectivity index (χ0n) is 14.7. The van der Waals surface area contributed by atoms with Gasteiger partial charge in [0.05, 0.1) is 11.7 Å². The monoisotopic (exact) mass is 387 g/mol. The molecule has 1 aromatic heterocycles. The molecule has 1 unspecified atom stereocenters. The fourth-order valence-electron chi connectivity index (χ4n) is 2.45. The highest BCUT2D eigenvalue weighted by Crippen LogP contribution is 2.21. The Morgan fingerprint density at radius 2 is 2.00 bits per heavy atom. The lowest BCUT2D eigenvalue weighted by Gasteiger charge is -2.24. The third kappa shape index (κ3) is 4.59. The van der Waals surface area contributed by atoms with Crippen LogP contribution in [0.4, 0.5) is 10.5 Å². The molecule has 1 aromatic carbocycles. The van der Waals surface area contributed by atoms with Crippen molar-refractivity contribution >= 4 is 41.0 Å². The number of hydrogen-bond acceptors (Lipinski definition) is 7. The molecule has 140 valence electrons. The quantitative estimate of drug-likeness (QED) is 0.753. The smallest absolute Gasteiger partial charge is 0.349 e. The van der Waals surface area contributed by atoms with Crippen molar-refractivity contribution in [2.75, 3.05) is 18.1 Å². The van der Waals surface area contributed by atoms with Gasteiger partial charge in [-0.2, -0.15) is 0 Å². The summed E-state index contributed by atoms with van der Waals surface area (Å²) in [7, 11) is 1.38. The van der Waals surface area contributed by atoms with Gasteiger partial charge in [0.2, 0.25) is 17.7 Å². The molecule has 1 aliphatic heterocycles. The van der Waals surface area contributed by atoms with Gasteiger partial charge in [-0.05, 0) is 19.1 Å². The summed E-state index contributed by atoms with van der Waals surface area (Å²) in [6, 6.07) is 8.52. The summed E-state index contributed by atoms with van der Waals surface area (Å²) in [6.45, 7) is 1.62. The van der Waals surface area contributed by atoms with Crippen LogP contribution in [-0.4, -0.2) is 51.5 Å². The predicted molar refractivity (Wildman–Crippen MR) is 98.6 cm³/mol. The zero-order chi connectivity index (χ0) is 19.4. The molecule has 2 heterocycles. The van der Waals surface area contributed by atoms with Gasteiger partial charge in [0.15, 0.2) is 0 Å². The van der Waals surface area contributed by atoms with E-state index in [9.17, 15) is 14.4 Å². The lowest BCUT2D eigenvalue weighted by Crippen LogP contribution is -2.44. The molecule has 0 bridgehead atoms. The Morgan fingerprint density at radius 3 is 2.74 bits per heavy atom. The Kier molecular flexibility index (Phi) is 5.65. The minimum absolute atomic E-state index is 0.108.